The summed E-state index contributed by atoms with van der Waals surface area (Å²) in [6.45, 7) is 0. The van der Waals surface area contributed by atoms with Crippen molar-refractivity contribution in [2.75, 3.05) is 5.32 Å². The van der Waals surface area contributed by atoms with Crippen LogP contribution in [0.15, 0.2) is 29.1 Å². The highest BCUT2D eigenvalue weighted by atomic mass is 19.1. The Morgan fingerprint density at radius 2 is 1.94 bits per heavy atom. The topological polar surface area (TPSA) is 78.0 Å². The molecule has 0 saturated carbocycles. The molecule has 0 spiro atoms. The van der Waals surface area contributed by atoms with Crippen LogP contribution in [0.3, 0.4) is 0 Å². The van der Waals surface area contributed by atoms with Gasteiger partial charge in [-0.05, 0) is 12.1 Å². The van der Waals surface area contributed by atoms with Crippen molar-refractivity contribution in [3.05, 3.63) is 46.3 Å². The van der Waals surface area contributed by atoms with Crippen molar-refractivity contribution in [2.24, 2.45) is 0 Å². The molecule has 0 atom stereocenters. The average Bonchev–Trinajstić information content (AvgIpc) is 2.22. The number of hydrogen-bond donors (Lipinski definition) is 3. The first-order valence-corrected chi connectivity index (χ1v) is 4.57. The predicted octanol–water partition coefficient (Wildman–Crippen LogP) is 1.50. The minimum absolute atomic E-state index is 0.251. The zero-order chi connectivity index (χ0) is 12.4. The van der Waals surface area contributed by atoms with E-state index >= 15 is 0 Å². The summed E-state index contributed by atoms with van der Waals surface area (Å²) in [7, 11) is 0. The Kier molecular flexibility index (Phi) is 2.73. The molecule has 1 aromatic carbocycles. The van der Waals surface area contributed by atoms with Crippen LogP contribution < -0.4 is 10.9 Å². The van der Waals surface area contributed by atoms with Crippen molar-refractivity contribution in [3.8, 4) is 5.88 Å². The third-order valence-corrected chi connectivity index (χ3v) is 1.93. The van der Waals surface area contributed by atoms with Gasteiger partial charge in [0.25, 0.3) is 5.56 Å². The number of aromatic amines is 1. The lowest BCUT2D eigenvalue weighted by molar-refractivity contribution is 0.452. The van der Waals surface area contributed by atoms with E-state index < -0.39 is 28.8 Å². The summed E-state index contributed by atoms with van der Waals surface area (Å²) >= 11 is 0. The molecule has 0 aliphatic heterocycles. The van der Waals surface area contributed by atoms with Crippen LogP contribution in [-0.4, -0.2) is 15.1 Å². The number of aromatic nitrogens is 2. The van der Waals surface area contributed by atoms with E-state index in [4.69, 9.17) is 5.11 Å². The Hall–Kier alpha value is -2.44. The van der Waals surface area contributed by atoms with E-state index in [1.165, 1.54) is 6.07 Å². The van der Waals surface area contributed by atoms with Crippen molar-refractivity contribution in [2.45, 2.75) is 0 Å². The molecule has 88 valence electrons. The highest BCUT2D eigenvalue weighted by Crippen LogP contribution is 2.21. The molecule has 0 saturated heterocycles. The van der Waals surface area contributed by atoms with Crippen LogP contribution in [-0.2, 0) is 0 Å². The monoisotopic (exact) mass is 239 g/mol. The van der Waals surface area contributed by atoms with Crippen LogP contribution >= 0.6 is 0 Å². The molecule has 17 heavy (non-hydrogen) atoms. The van der Waals surface area contributed by atoms with Gasteiger partial charge in [0.15, 0.2) is 0 Å². The third-order valence-electron chi connectivity index (χ3n) is 1.93. The molecule has 3 N–H and O–H groups in total. The molecule has 0 unspecified atom stereocenters. The highest BCUT2D eigenvalue weighted by Gasteiger charge is 2.09. The molecule has 0 fully saturated rings. The Labute approximate surface area is 93.8 Å². The van der Waals surface area contributed by atoms with Gasteiger partial charge in [-0.3, -0.25) is 9.78 Å². The van der Waals surface area contributed by atoms with Gasteiger partial charge in [-0.1, -0.05) is 6.07 Å². The second-order valence-electron chi connectivity index (χ2n) is 3.17. The molecule has 0 radical (unpaired) electrons. The number of benzene rings is 1. The number of H-pyrrole nitrogens is 1. The lowest BCUT2D eigenvalue weighted by atomic mass is 10.3. The van der Waals surface area contributed by atoms with E-state index in [1.807, 2.05) is 0 Å². The summed E-state index contributed by atoms with van der Waals surface area (Å²) in [6, 6.07) is 4.13. The maximum Gasteiger partial charge on any atom is 0.256 e. The molecule has 0 amide bonds. The maximum atomic E-state index is 13.3. The van der Waals surface area contributed by atoms with Crippen molar-refractivity contribution in [1.82, 2.24) is 9.97 Å². The largest absolute Gasteiger partial charge is 0.493 e. The molecule has 2 aromatic rings. The number of hydrogen-bond acceptors (Lipinski definition) is 4. The summed E-state index contributed by atoms with van der Waals surface area (Å²) in [5.41, 5.74) is -1.10. The zero-order valence-electron chi connectivity index (χ0n) is 8.37. The Morgan fingerprint density at radius 3 is 2.53 bits per heavy atom. The van der Waals surface area contributed by atoms with Gasteiger partial charge in [0.2, 0.25) is 11.8 Å². The smallest absolute Gasteiger partial charge is 0.256 e. The van der Waals surface area contributed by atoms with Crippen LogP contribution in [0.5, 0.6) is 5.88 Å². The van der Waals surface area contributed by atoms with E-state index in [-0.39, 0.29) is 5.95 Å². The molecule has 0 bridgehead atoms. The molecular formula is C10H7F2N3O2. The second-order valence-corrected chi connectivity index (χ2v) is 3.17. The Balaban J connectivity index is 2.41. The molecule has 1 heterocycles. The summed E-state index contributed by atoms with van der Waals surface area (Å²) in [5, 5.41) is 11.3. The lowest BCUT2D eigenvalue weighted by Crippen LogP contribution is -2.10. The maximum absolute atomic E-state index is 13.3. The van der Waals surface area contributed by atoms with Gasteiger partial charge in [-0.25, -0.2) is 8.78 Å². The zero-order valence-corrected chi connectivity index (χ0v) is 8.37. The predicted molar refractivity (Wildman–Crippen MR) is 56.2 cm³/mol. The number of rotatable bonds is 2. The number of para-hydroxylation sites is 1. The standard InChI is InChI=1S/C10H7F2N3O2/c11-5-2-1-3-6(12)9(5)15-10-13-7(16)4-8(17)14-10/h1-4H,(H3,13,14,15,16,17). The minimum Gasteiger partial charge on any atom is -0.493 e. The number of anilines is 2. The van der Waals surface area contributed by atoms with Gasteiger partial charge in [0.1, 0.15) is 17.3 Å². The van der Waals surface area contributed by atoms with E-state index in [9.17, 15) is 13.6 Å². The van der Waals surface area contributed by atoms with Crippen LogP contribution in [0.25, 0.3) is 0 Å². The summed E-state index contributed by atoms with van der Waals surface area (Å²) < 4.78 is 26.5. The van der Waals surface area contributed by atoms with Crippen LogP contribution in [0, 0.1) is 11.6 Å². The lowest BCUT2D eigenvalue weighted by Gasteiger charge is -2.07. The van der Waals surface area contributed by atoms with Gasteiger partial charge < -0.3 is 10.4 Å². The number of halogens is 2. The third kappa shape index (κ3) is 2.39. The second kappa shape index (κ2) is 4.20. The summed E-state index contributed by atoms with van der Waals surface area (Å²) in [4.78, 5) is 16.6. The van der Waals surface area contributed by atoms with Gasteiger partial charge in [-0.2, -0.15) is 4.98 Å². The SMILES string of the molecule is O=c1cc(O)nc(Nc2c(F)cccc2F)[nH]1. The molecule has 5 nitrogen and oxygen atoms in total. The van der Waals surface area contributed by atoms with Gasteiger partial charge in [0, 0.05) is 0 Å². The van der Waals surface area contributed by atoms with Gasteiger partial charge in [-0.15, -0.1) is 0 Å². The van der Waals surface area contributed by atoms with Gasteiger partial charge in [0.05, 0.1) is 6.07 Å². The first-order valence-electron chi connectivity index (χ1n) is 4.57. The Morgan fingerprint density at radius 1 is 1.29 bits per heavy atom. The summed E-state index contributed by atoms with van der Waals surface area (Å²) in [6.07, 6.45) is 0. The molecular weight excluding hydrogens is 232 g/mol. The van der Waals surface area contributed by atoms with Gasteiger partial charge >= 0.3 is 0 Å². The van der Waals surface area contributed by atoms with Crippen molar-refractivity contribution in [3.63, 3.8) is 0 Å². The van der Waals surface area contributed by atoms with Crippen LogP contribution in [0.2, 0.25) is 0 Å². The molecule has 1 aromatic heterocycles. The van der Waals surface area contributed by atoms with E-state index in [0.29, 0.717) is 0 Å². The van der Waals surface area contributed by atoms with Crippen LogP contribution in [0.4, 0.5) is 20.4 Å². The number of nitrogens with one attached hydrogen (secondary N) is 2. The van der Waals surface area contributed by atoms with E-state index in [1.54, 1.807) is 0 Å². The van der Waals surface area contributed by atoms with Crippen molar-refractivity contribution < 1.29 is 13.9 Å². The fourth-order valence-electron chi connectivity index (χ4n) is 1.24. The minimum atomic E-state index is -0.837. The van der Waals surface area contributed by atoms with E-state index in [2.05, 4.69) is 15.3 Å². The summed E-state index contributed by atoms with van der Waals surface area (Å²) in [5.74, 6) is -2.47. The Bertz CT molecular complexity index is 592. The fraction of sp³-hybridized carbons (Fsp3) is 0. The molecule has 2 rings (SSSR count). The highest BCUT2D eigenvalue weighted by molar-refractivity contribution is 5.55. The number of nitrogens with zero attached hydrogens (tertiary/aromatic N) is 1. The first kappa shape index (κ1) is 11.1. The number of aromatic hydroxyl groups is 1. The molecule has 0 aliphatic carbocycles. The van der Waals surface area contributed by atoms with Crippen LogP contribution in [0.1, 0.15) is 0 Å². The van der Waals surface area contributed by atoms with E-state index in [0.717, 1.165) is 18.2 Å². The van der Waals surface area contributed by atoms with Crippen molar-refractivity contribution >= 4 is 11.6 Å². The average molecular weight is 239 g/mol. The quantitative estimate of drug-likeness (QED) is 0.742. The first-order chi connectivity index (χ1) is 8.06. The van der Waals surface area contributed by atoms with Crippen molar-refractivity contribution in [1.29, 1.82) is 0 Å². The normalized spacial score (nSPS) is 10.2. The molecule has 7 heteroatoms. The molecule has 0 aliphatic rings. The fourth-order valence-corrected chi connectivity index (χ4v) is 1.24.